The van der Waals surface area contributed by atoms with Crippen LogP contribution in [-0.4, -0.2) is 17.8 Å². The SMILES string of the molecule is C[Si](Cl)(Cl)CCCCCCCCCCCCCCCCCCCCCCCCCCCCCCCC(=O)O. The fraction of sp³-hybridized carbons (Fsp3) is 0.970. The Morgan fingerprint density at radius 3 is 0.789 bits per heavy atom. The smallest absolute Gasteiger partial charge is 0.303 e. The van der Waals surface area contributed by atoms with Crippen LogP contribution in [0.15, 0.2) is 0 Å². The molecule has 0 saturated carbocycles. The van der Waals surface area contributed by atoms with E-state index in [0.717, 1.165) is 18.9 Å². The summed E-state index contributed by atoms with van der Waals surface area (Å²) in [6.45, 7) is 0.187. The van der Waals surface area contributed by atoms with Crippen LogP contribution in [0.3, 0.4) is 0 Å². The molecule has 0 aliphatic carbocycles. The Kier molecular flexibility index (Phi) is 30.4. The van der Waals surface area contributed by atoms with E-state index < -0.39 is 12.7 Å². The van der Waals surface area contributed by atoms with Crippen molar-refractivity contribution in [2.24, 2.45) is 0 Å². The minimum absolute atomic E-state index is 0.343. The van der Waals surface area contributed by atoms with Crippen molar-refractivity contribution in [3.05, 3.63) is 0 Å². The largest absolute Gasteiger partial charge is 0.481 e. The summed E-state index contributed by atoms with van der Waals surface area (Å²) in [5, 5.41) is 8.63. The first-order chi connectivity index (χ1) is 18.4. The topological polar surface area (TPSA) is 37.3 Å². The van der Waals surface area contributed by atoms with Gasteiger partial charge in [0.2, 0.25) is 6.69 Å². The highest BCUT2D eigenvalue weighted by molar-refractivity contribution is 7.44. The fourth-order valence-electron chi connectivity index (χ4n) is 5.48. The van der Waals surface area contributed by atoms with Crippen molar-refractivity contribution in [3.63, 3.8) is 0 Å². The van der Waals surface area contributed by atoms with Gasteiger partial charge in [-0.3, -0.25) is 4.79 Å². The Balaban J connectivity index is 3.05. The molecule has 0 amide bonds. The molecule has 0 unspecified atom stereocenters. The van der Waals surface area contributed by atoms with Crippen molar-refractivity contribution in [2.75, 3.05) is 0 Å². The van der Waals surface area contributed by atoms with E-state index in [1.54, 1.807) is 0 Å². The molecule has 2 nitrogen and oxygen atoms in total. The lowest BCUT2D eigenvalue weighted by Gasteiger charge is -2.09. The first kappa shape index (κ1) is 38.3. The molecule has 5 heteroatoms. The quantitative estimate of drug-likeness (QED) is 0.0478. The summed E-state index contributed by atoms with van der Waals surface area (Å²) >= 11 is 12.3. The molecule has 1 N–H and O–H groups in total. The molecule has 228 valence electrons. The number of hydrogen-bond acceptors (Lipinski definition) is 1. The van der Waals surface area contributed by atoms with E-state index in [4.69, 9.17) is 27.3 Å². The number of carboxylic acid groups (broad SMARTS) is 1. The van der Waals surface area contributed by atoms with Crippen molar-refractivity contribution in [2.45, 2.75) is 205 Å². The third kappa shape index (κ3) is 36.3. The van der Waals surface area contributed by atoms with Crippen molar-refractivity contribution in [1.82, 2.24) is 0 Å². The van der Waals surface area contributed by atoms with Gasteiger partial charge in [-0.2, -0.15) is 0 Å². The molecule has 38 heavy (non-hydrogen) atoms. The van der Waals surface area contributed by atoms with Crippen molar-refractivity contribution < 1.29 is 9.90 Å². The van der Waals surface area contributed by atoms with Gasteiger partial charge in [0.25, 0.3) is 0 Å². The maximum Gasteiger partial charge on any atom is 0.303 e. The van der Waals surface area contributed by atoms with E-state index in [-0.39, 0.29) is 0 Å². The monoisotopic (exact) mass is 592 g/mol. The van der Waals surface area contributed by atoms with E-state index in [2.05, 4.69) is 0 Å². The van der Waals surface area contributed by atoms with Gasteiger partial charge >= 0.3 is 5.97 Å². The van der Waals surface area contributed by atoms with E-state index in [0.29, 0.717) is 6.42 Å². The lowest BCUT2D eigenvalue weighted by Crippen LogP contribution is -2.11. The summed E-state index contributed by atoms with van der Waals surface area (Å²) in [6, 6.07) is 1.06. The van der Waals surface area contributed by atoms with Crippen molar-refractivity contribution >= 4 is 34.8 Å². The second-order valence-electron chi connectivity index (χ2n) is 12.2. The molecule has 0 radical (unpaired) electrons. The van der Waals surface area contributed by atoms with Crippen LogP contribution < -0.4 is 0 Å². The number of carboxylic acids is 1. The summed E-state index contributed by atoms with van der Waals surface area (Å²) in [4.78, 5) is 10.5. The normalized spacial score (nSPS) is 11.9. The number of halogens is 2. The maximum absolute atomic E-state index is 10.5. The van der Waals surface area contributed by atoms with Gasteiger partial charge in [-0.15, -0.1) is 22.2 Å². The molecule has 0 aromatic carbocycles. The van der Waals surface area contributed by atoms with Crippen molar-refractivity contribution in [3.8, 4) is 0 Å². The van der Waals surface area contributed by atoms with Gasteiger partial charge in [-0.05, 0) is 19.0 Å². The average Bonchev–Trinajstić information content (AvgIpc) is 2.86. The summed E-state index contributed by atoms with van der Waals surface area (Å²) in [7, 11) is 0. The van der Waals surface area contributed by atoms with E-state index in [1.165, 1.54) is 173 Å². The Morgan fingerprint density at radius 2 is 0.605 bits per heavy atom. The van der Waals surface area contributed by atoms with Gasteiger partial charge in [0.1, 0.15) is 0 Å². The molecule has 0 aromatic heterocycles. The number of hydrogen-bond donors (Lipinski definition) is 1. The number of unbranched alkanes of at least 4 members (excludes halogenated alkanes) is 28. The Bertz CT molecular complexity index is 482. The predicted octanol–water partition coefficient (Wildman–Crippen LogP) is 13.3. The lowest BCUT2D eigenvalue weighted by molar-refractivity contribution is -0.137. The second kappa shape index (κ2) is 30.2. The van der Waals surface area contributed by atoms with E-state index in [1.807, 2.05) is 6.55 Å². The minimum Gasteiger partial charge on any atom is -0.481 e. The van der Waals surface area contributed by atoms with Gasteiger partial charge in [-0.1, -0.05) is 180 Å². The van der Waals surface area contributed by atoms with Crippen LogP contribution in [0.5, 0.6) is 0 Å². The van der Waals surface area contributed by atoms with Gasteiger partial charge in [0.05, 0.1) is 0 Å². The van der Waals surface area contributed by atoms with Crippen LogP contribution in [0.25, 0.3) is 0 Å². The Labute approximate surface area is 249 Å². The average molecular weight is 594 g/mol. The van der Waals surface area contributed by atoms with Crippen LogP contribution in [-0.2, 0) is 4.79 Å². The highest BCUT2D eigenvalue weighted by Gasteiger charge is 2.19. The van der Waals surface area contributed by atoms with Gasteiger partial charge in [0, 0.05) is 6.42 Å². The molecule has 0 aromatic rings. The maximum atomic E-state index is 10.5. The molecule has 0 aliphatic rings. The predicted molar refractivity (Wildman–Crippen MR) is 174 cm³/mol. The van der Waals surface area contributed by atoms with Crippen LogP contribution in [0.1, 0.15) is 193 Å². The first-order valence-corrected chi connectivity index (χ1v) is 21.7. The summed E-state index contributed by atoms with van der Waals surface area (Å²) < 4.78 is 0. The molecule has 0 atom stereocenters. The summed E-state index contributed by atoms with van der Waals surface area (Å²) in [5.74, 6) is -0.651. The number of aliphatic carboxylic acids is 1. The number of rotatable bonds is 32. The van der Waals surface area contributed by atoms with Crippen LogP contribution in [0, 0.1) is 0 Å². The van der Waals surface area contributed by atoms with Gasteiger partial charge in [-0.25, -0.2) is 0 Å². The molecule has 0 saturated heterocycles. The standard InChI is InChI=1S/C33H66Cl2O2Si/c1-38(34,35)32-30-28-26-24-22-20-18-16-14-12-10-8-6-4-2-3-5-7-9-11-13-15-17-19-21-23-25-27-29-31-33(36)37/h2-32H2,1H3,(H,36,37). The van der Waals surface area contributed by atoms with Gasteiger partial charge in [0.15, 0.2) is 0 Å². The zero-order valence-corrected chi connectivity index (χ0v) is 28.0. The highest BCUT2D eigenvalue weighted by atomic mass is 35.7. The first-order valence-electron chi connectivity index (χ1n) is 17.0. The summed E-state index contributed by atoms with van der Waals surface area (Å²) in [6.07, 6.45) is 40.1. The van der Waals surface area contributed by atoms with E-state index >= 15 is 0 Å². The lowest BCUT2D eigenvalue weighted by atomic mass is 10.0. The highest BCUT2D eigenvalue weighted by Crippen LogP contribution is 2.23. The fourth-order valence-corrected chi connectivity index (χ4v) is 7.16. The molecular weight excluding hydrogens is 527 g/mol. The molecule has 0 bridgehead atoms. The molecule has 0 heterocycles. The second-order valence-corrected chi connectivity index (χ2v) is 20.4. The zero-order valence-electron chi connectivity index (χ0n) is 25.5. The molecular formula is C33H66Cl2O2Si. The molecule has 0 fully saturated rings. The number of carbonyl (C=O) groups is 1. The van der Waals surface area contributed by atoms with Crippen LogP contribution in [0.4, 0.5) is 0 Å². The summed E-state index contributed by atoms with van der Waals surface area (Å²) in [5.41, 5.74) is 0. The van der Waals surface area contributed by atoms with E-state index in [9.17, 15) is 4.79 Å². The van der Waals surface area contributed by atoms with Crippen molar-refractivity contribution in [1.29, 1.82) is 0 Å². The van der Waals surface area contributed by atoms with Crippen LogP contribution >= 0.6 is 22.2 Å². The minimum atomic E-state index is -1.85. The Hall–Kier alpha value is 0.267. The third-order valence-corrected chi connectivity index (χ3v) is 10.4. The molecule has 0 spiro atoms. The molecule has 0 aliphatic heterocycles. The Morgan fingerprint density at radius 1 is 0.421 bits per heavy atom. The molecule has 0 rings (SSSR count). The third-order valence-electron chi connectivity index (χ3n) is 8.01. The van der Waals surface area contributed by atoms with Gasteiger partial charge < -0.3 is 5.11 Å². The zero-order chi connectivity index (χ0) is 28.0. The van der Waals surface area contributed by atoms with Crippen LogP contribution in [0.2, 0.25) is 12.6 Å².